The number of phenolic OH excluding ortho intramolecular Hbond substituents is 1. The summed E-state index contributed by atoms with van der Waals surface area (Å²) in [4.78, 5) is 7.10. The fourth-order valence-electron chi connectivity index (χ4n) is 3.42. The van der Waals surface area contributed by atoms with Gasteiger partial charge in [-0.2, -0.15) is 0 Å². The van der Waals surface area contributed by atoms with Gasteiger partial charge in [0.15, 0.2) is 0 Å². The molecule has 2 aromatic carbocycles. The Kier molecular flexibility index (Phi) is 6.12. The third-order valence-corrected chi connectivity index (χ3v) is 4.82. The van der Waals surface area contributed by atoms with Gasteiger partial charge < -0.3 is 14.6 Å². The fourth-order valence-corrected chi connectivity index (χ4v) is 3.42. The van der Waals surface area contributed by atoms with Crippen LogP contribution in [0.2, 0.25) is 0 Å². The monoisotopic (exact) mass is 354 g/mol. The van der Waals surface area contributed by atoms with Gasteiger partial charge in [-0.25, -0.2) is 0 Å². The van der Waals surface area contributed by atoms with E-state index in [-0.39, 0.29) is 11.8 Å². The molecule has 5 heteroatoms. The van der Waals surface area contributed by atoms with E-state index in [4.69, 9.17) is 9.47 Å². The second-order valence-electron chi connectivity index (χ2n) is 6.42. The Bertz CT molecular complexity index is 755. The van der Waals surface area contributed by atoms with E-state index >= 15 is 0 Å². The van der Waals surface area contributed by atoms with Crippen molar-refractivity contribution in [1.82, 2.24) is 4.90 Å². The van der Waals surface area contributed by atoms with Crippen molar-refractivity contribution < 1.29 is 14.6 Å². The number of para-hydroxylation sites is 1. The van der Waals surface area contributed by atoms with Crippen molar-refractivity contribution in [1.29, 1.82) is 0 Å². The third kappa shape index (κ3) is 4.17. The first kappa shape index (κ1) is 18.3. The summed E-state index contributed by atoms with van der Waals surface area (Å²) < 4.78 is 10.8. The molecule has 0 bridgehead atoms. The lowest BCUT2D eigenvalue weighted by atomic mass is 10.0. The van der Waals surface area contributed by atoms with E-state index in [1.165, 1.54) is 12.8 Å². The van der Waals surface area contributed by atoms with Crippen molar-refractivity contribution in [3.8, 4) is 17.2 Å². The van der Waals surface area contributed by atoms with E-state index in [0.29, 0.717) is 17.9 Å². The molecule has 138 valence electrons. The molecule has 0 unspecified atom stereocenters. The second kappa shape index (κ2) is 8.72. The molecule has 1 fully saturated rings. The number of likely N-dealkylation sites (tertiary alicyclic amines) is 1. The van der Waals surface area contributed by atoms with Crippen LogP contribution in [0.5, 0.6) is 17.2 Å². The average Bonchev–Trinajstić information content (AvgIpc) is 3.21. The summed E-state index contributed by atoms with van der Waals surface area (Å²) in [6.45, 7) is 2.75. The third-order valence-electron chi connectivity index (χ3n) is 4.82. The summed E-state index contributed by atoms with van der Waals surface area (Å²) in [6, 6.07) is 13.4. The lowest BCUT2D eigenvalue weighted by Crippen LogP contribution is -2.28. The molecular weight excluding hydrogens is 328 g/mol. The number of nitrogens with zero attached hydrogens (tertiary/aromatic N) is 2. The Morgan fingerprint density at radius 1 is 1.12 bits per heavy atom. The Labute approximate surface area is 154 Å². The zero-order valence-electron chi connectivity index (χ0n) is 15.4. The SMILES string of the molecule is COc1ccc(O)c(C=NC[C@@H](c2ccccc2OC)N2CCCC2)c1. The number of ether oxygens (including phenoxy) is 2. The summed E-state index contributed by atoms with van der Waals surface area (Å²) >= 11 is 0. The summed E-state index contributed by atoms with van der Waals surface area (Å²) in [6.07, 6.45) is 4.15. The smallest absolute Gasteiger partial charge is 0.124 e. The lowest BCUT2D eigenvalue weighted by Gasteiger charge is -2.27. The standard InChI is InChI=1S/C21H26N2O3/c1-25-17-9-10-20(24)16(13-17)14-22-15-19(23-11-5-6-12-23)18-7-3-4-8-21(18)26-2/h3-4,7-10,13-14,19,24H,5-6,11-12,15H2,1-2H3/t19-/m0/s1. The van der Waals surface area contributed by atoms with Gasteiger partial charge in [0.1, 0.15) is 17.2 Å². The molecule has 1 saturated heterocycles. The predicted octanol–water partition coefficient (Wildman–Crippen LogP) is 3.67. The number of aromatic hydroxyl groups is 1. The average molecular weight is 354 g/mol. The highest BCUT2D eigenvalue weighted by molar-refractivity contribution is 5.84. The van der Waals surface area contributed by atoms with Gasteiger partial charge in [-0.1, -0.05) is 18.2 Å². The van der Waals surface area contributed by atoms with Crippen LogP contribution in [0, 0.1) is 0 Å². The number of hydrogen-bond donors (Lipinski definition) is 1. The van der Waals surface area contributed by atoms with Crippen molar-refractivity contribution >= 4 is 6.21 Å². The van der Waals surface area contributed by atoms with Gasteiger partial charge in [0.05, 0.1) is 26.8 Å². The molecular formula is C21H26N2O3. The van der Waals surface area contributed by atoms with Crippen LogP contribution >= 0.6 is 0 Å². The molecule has 1 atom stereocenters. The van der Waals surface area contributed by atoms with Gasteiger partial charge >= 0.3 is 0 Å². The zero-order chi connectivity index (χ0) is 18.4. The van der Waals surface area contributed by atoms with E-state index in [1.54, 1.807) is 38.6 Å². The fraction of sp³-hybridized carbons (Fsp3) is 0.381. The van der Waals surface area contributed by atoms with E-state index in [2.05, 4.69) is 16.0 Å². The second-order valence-corrected chi connectivity index (χ2v) is 6.42. The van der Waals surface area contributed by atoms with Crippen molar-refractivity contribution in [2.75, 3.05) is 33.9 Å². The van der Waals surface area contributed by atoms with Gasteiger partial charge in [0.25, 0.3) is 0 Å². The minimum atomic E-state index is 0.164. The van der Waals surface area contributed by atoms with Gasteiger partial charge in [-0.3, -0.25) is 9.89 Å². The quantitative estimate of drug-likeness (QED) is 0.771. The van der Waals surface area contributed by atoms with Crippen LogP contribution < -0.4 is 9.47 Å². The summed E-state index contributed by atoms with van der Waals surface area (Å²) in [5, 5.41) is 10.0. The Hall–Kier alpha value is -2.53. The van der Waals surface area contributed by atoms with Crippen LogP contribution in [-0.2, 0) is 0 Å². The minimum absolute atomic E-state index is 0.164. The molecule has 26 heavy (non-hydrogen) atoms. The normalized spacial score (nSPS) is 16.1. The summed E-state index contributed by atoms with van der Waals surface area (Å²) in [5.74, 6) is 1.79. The number of rotatable bonds is 7. The van der Waals surface area contributed by atoms with Crippen LogP contribution in [0.1, 0.15) is 30.0 Å². The lowest BCUT2D eigenvalue weighted by molar-refractivity contribution is 0.246. The Balaban J connectivity index is 1.82. The highest BCUT2D eigenvalue weighted by atomic mass is 16.5. The van der Waals surface area contributed by atoms with Crippen LogP contribution in [0.25, 0.3) is 0 Å². The van der Waals surface area contributed by atoms with Crippen molar-refractivity contribution in [2.24, 2.45) is 4.99 Å². The highest BCUT2D eigenvalue weighted by Crippen LogP contribution is 2.32. The molecule has 5 nitrogen and oxygen atoms in total. The molecule has 1 N–H and O–H groups in total. The highest BCUT2D eigenvalue weighted by Gasteiger charge is 2.25. The van der Waals surface area contributed by atoms with E-state index in [9.17, 15) is 5.11 Å². The van der Waals surface area contributed by atoms with Crippen molar-refractivity contribution in [2.45, 2.75) is 18.9 Å². The van der Waals surface area contributed by atoms with Crippen LogP contribution in [0.3, 0.4) is 0 Å². The zero-order valence-corrected chi connectivity index (χ0v) is 15.4. The molecule has 0 radical (unpaired) electrons. The number of hydrogen-bond acceptors (Lipinski definition) is 5. The topological polar surface area (TPSA) is 54.3 Å². The molecule has 0 aliphatic carbocycles. The van der Waals surface area contributed by atoms with Gasteiger partial charge in [-0.15, -0.1) is 0 Å². The van der Waals surface area contributed by atoms with Gasteiger partial charge in [-0.05, 0) is 50.2 Å². The molecule has 2 aromatic rings. The van der Waals surface area contributed by atoms with Gasteiger partial charge in [0.2, 0.25) is 0 Å². The maximum Gasteiger partial charge on any atom is 0.124 e. The van der Waals surface area contributed by atoms with E-state index in [1.807, 2.05) is 18.2 Å². The largest absolute Gasteiger partial charge is 0.507 e. The molecule has 3 rings (SSSR count). The molecule has 1 aliphatic heterocycles. The van der Waals surface area contributed by atoms with Crippen molar-refractivity contribution in [3.05, 3.63) is 53.6 Å². The number of aliphatic imine (C=N–C) groups is 1. The molecule has 0 spiro atoms. The summed E-state index contributed by atoms with van der Waals surface area (Å²) in [7, 11) is 3.32. The first-order valence-corrected chi connectivity index (χ1v) is 8.96. The van der Waals surface area contributed by atoms with E-state index in [0.717, 1.165) is 24.4 Å². The maximum absolute atomic E-state index is 10.0. The Morgan fingerprint density at radius 3 is 2.62 bits per heavy atom. The van der Waals surface area contributed by atoms with Gasteiger partial charge in [0, 0.05) is 17.3 Å². The minimum Gasteiger partial charge on any atom is -0.507 e. The maximum atomic E-state index is 10.0. The first-order valence-electron chi connectivity index (χ1n) is 8.96. The predicted molar refractivity (Wildman–Crippen MR) is 104 cm³/mol. The molecule has 0 amide bonds. The first-order chi connectivity index (χ1) is 12.7. The number of phenols is 1. The number of methoxy groups -OCH3 is 2. The molecule has 1 heterocycles. The molecule has 0 saturated carbocycles. The van der Waals surface area contributed by atoms with Crippen LogP contribution in [-0.4, -0.2) is 50.1 Å². The Morgan fingerprint density at radius 2 is 1.88 bits per heavy atom. The summed E-state index contributed by atoms with van der Waals surface area (Å²) in [5.41, 5.74) is 1.81. The van der Waals surface area contributed by atoms with Crippen LogP contribution in [0.4, 0.5) is 0 Å². The van der Waals surface area contributed by atoms with Crippen molar-refractivity contribution in [3.63, 3.8) is 0 Å². The number of benzene rings is 2. The molecule has 1 aliphatic rings. The van der Waals surface area contributed by atoms with E-state index < -0.39 is 0 Å². The van der Waals surface area contributed by atoms with Crippen LogP contribution in [0.15, 0.2) is 47.5 Å². The molecule has 0 aromatic heterocycles.